The lowest BCUT2D eigenvalue weighted by Gasteiger charge is -2.15. The summed E-state index contributed by atoms with van der Waals surface area (Å²) in [6, 6.07) is 16.0. The molecular formula is C20H22ClN3O. The first-order valence-electron chi connectivity index (χ1n) is 8.26. The summed E-state index contributed by atoms with van der Waals surface area (Å²) in [5, 5.41) is 8.85. The summed E-state index contributed by atoms with van der Waals surface area (Å²) in [7, 11) is 1.67. The Morgan fingerprint density at radius 3 is 2.56 bits per heavy atom. The Morgan fingerprint density at radius 1 is 1.16 bits per heavy atom. The van der Waals surface area contributed by atoms with E-state index in [1.165, 1.54) is 5.56 Å². The molecule has 1 heterocycles. The molecule has 0 saturated carbocycles. The molecule has 5 heteroatoms. The molecule has 0 bridgehead atoms. The molecule has 2 aromatic carbocycles. The van der Waals surface area contributed by atoms with E-state index in [4.69, 9.17) is 16.3 Å². The number of halogens is 1. The van der Waals surface area contributed by atoms with Gasteiger partial charge in [0.1, 0.15) is 5.75 Å². The van der Waals surface area contributed by atoms with Gasteiger partial charge in [0, 0.05) is 28.9 Å². The van der Waals surface area contributed by atoms with Gasteiger partial charge in [-0.25, -0.2) is 4.68 Å². The monoisotopic (exact) mass is 355 g/mol. The summed E-state index contributed by atoms with van der Waals surface area (Å²) in [6.45, 7) is 4.94. The average molecular weight is 356 g/mol. The third kappa shape index (κ3) is 3.86. The Bertz CT molecular complexity index is 842. The first-order chi connectivity index (χ1) is 12.1. The SMILES string of the molecule is COc1ccc(-n2ncc(C(C)NCc3ccccc3Cl)c2C)cc1. The number of methoxy groups -OCH3 is 1. The largest absolute Gasteiger partial charge is 0.497 e. The number of rotatable bonds is 6. The molecule has 0 radical (unpaired) electrons. The molecule has 0 aliphatic heterocycles. The number of hydrogen-bond acceptors (Lipinski definition) is 3. The van der Waals surface area contributed by atoms with Gasteiger partial charge in [-0.3, -0.25) is 0 Å². The van der Waals surface area contributed by atoms with E-state index < -0.39 is 0 Å². The van der Waals surface area contributed by atoms with Crippen LogP contribution in [0.4, 0.5) is 0 Å². The standard InChI is InChI=1S/C20H22ClN3O/c1-14(22-12-16-6-4-5-7-20(16)21)19-13-23-24(15(19)2)17-8-10-18(25-3)11-9-17/h4-11,13-14,22H,12H2,1-3H3. The smallest absolute Gasteiger partial charge is 0.119 e. The molecule has 3 aromatic rings. The minimum Gasteiger partial charge on any atom is -0.497 e. The van der Waals surface area contributed by atoms with E-state index in [1.54, 1.807) is 7.11 Å². The van der Waals surface area contributed by atoms with E-state index in [1.807, 2.05) is 59.4 Å². The Kier molecular flexibility index (Phi) is 5.41. The molecule has 1 unspecified atom stereocenters. The molecule has 0 spiro atoms. The molecule has 3 rings (SSSR count). The molecule has 1 N–H and O–H groups in total. The first-order valence-corrected chi connectivity index (χ1v) is 8.63. The lowest BCUT2D eigenvalue weighted by Crippen LogP contribution is -2.18. The van der Waals surface area contributed by atoms with Gasteiger partial charge in [-0.05, 0) is 49.7 Å². The van der Waals surface area contributed by atoms with Crippen molar-refractivity contribution >= 4 is 11.6 Å². The van der Waals surface area contributed by atoms with Gasteiger partial charge in [-0.2, -0.15) is 5.10 Å². The summed E-state index contributed by atoms with van der Waals surface area (Å²) in [5.74, 6) is 0.837. The second kappa shape index (κ2) is 7.72. The summed E-state index contributed by atoms with van der Waals surface area (Å²) < 4.78 is 7.16. The molecule has 4 nitrogen and oxygen atoms in total. The highest BCUT2D eigenvalue weighted by Crippen LogP contribution is 2.23. The molecule has 0 aliphatic rings. The third-order valence-corrected chi connectivity index (χ3v) is 4.76. The van der Waals surface area contributed by atoms with Crippen LogP contribution in [0.3, 0.4) is 0 Å². The van der Waals surface area contributed by atoms with Crippen LogP contribution >= 0.6 is 11.6 Å². The Hall–Kier alpha value is -2.30. The van der Waals surface area contributed by atoms with Crippen molar-refractivity contribution in [2.24, 2.45) is 0 Å². The van der Waals surface area contributed by atoms with Crippen molar-refractivity contribution in [2.45, 2.75) is 26.4 Å². The topological polar surface area (TPSA) is 39.1 Å². The Labute approximate surface area is 153 Å². The van der Waals surface area contributed by atoms with Crippen molar-refractivity contribution in [3.8, 4) is 11.4 Å². The van der Waals surface area contributed by atoms with Crippen LogP contribution in [-0.2, 0) is 6.54 Å². The van der Waals surface area contributed by atoms with Gasteiger partial charge < -0.3 is 10.1 Å². The Balaban J connectivity index is 1.74. The van der Waals surface area contributed by atoms with E-state index in [2.05, 4.69) is 24.3 Å². The number of benzene rings is 2. The summed E-state index contributed by atoms with van der Waals surface area (Å²) in [4.78, 5) is 0. The molecule has 1 aromatic heterocycles. The van der Waals surface area contributed by atoms with Gasteiger partial charge in [0.05, 0.1) is 19.0 Å². The van der Waals surface area contributed by atoms with Crippen LogP contribution in [0.25, 0.3) is 5.69 Å². The van der Waals surface area contributed by atoms with E-state index in [0.29, 0.717) is 6.54 Å². The second-order valence-electron chi connectivity index (χ2n) is 5.99. The van der Waals surface area contributed by atoms with Crippen molar-refractivity contribution in [1.82, 2.24) is 15.1 Å². The van der Waals surface area contributed by atoms with Gasteiger partial charge in [-0.1, -0.05) is 29.8 Å². The molecular weight excluding hydrogens is 334 g/mol. The second-order valence-corrected chi connectivity index (χ2v) is 6.40. The molecule has 0 saturated heterocycles. The molecule has 1 atom stereocenters. The van der Waals surface area contributed by atoms with E-state index in [9.17, 15) is 0 Å². The predicted octanol–water partition coefficient (Wildman–Crippen LogP) is 4.69. The molecule has 130 valence electrons. The van der Waals surface area contributed by atoms with Crippen molar-refractivity contribution in [3.05, 3.63) is 76.6 Å². The average Bonchev–Trinajstić information content (AvgIpc) is 3.02. The number of hydrogen-bond donors (Lipinski definition) is 1. The minimum atomic E-state index is 0.170. The van der Waals surface area contributed by atoms with Crippen LogP contribution in [0, 0.1) is 6.92 Å². The van der Waals surface area contributed by atoms with Gasteiger partial charge in [-0.15, -0.1) is 0 Å². The van der Waals surface area contributed by atoms with Crippen LogP contribution in [0.1, 0.15) is 29.8 Å². The maximum Gasteiger partial charge on any atom is 0.119 e. The number of nitrogens with zero attached hydrogens (tertiary/aromatic N) is 2. The predicted molar refractivity (Wildman–Crippen MR) is 102 cm³/mol. The lowest BCUT2D eigenvalue weighted by atomic mass is 10.1. The van der Waals surface area contributed by atoms with Crippen LogP contribution in [0.5, 0.6) is 5.75 Å². The van der Waals surface area contributed by atoms with Crippen molar-refractivity contribution in [1.29, 1.82) is 0 Å². The van der Waals surface area contributed by atoms with Gasteiger partial charge >= 0.3 is 0 Å². The highest BCUT2D eigenvalue weighted by molar-refractivity contribution is 6.31. The van der Waals surface area contributed by atoms with E-state index in [0.717, 1.165) is 27.7 Å². The maximum absolute atomic E-state index is 6.23. The zero-order chi connectivity index (χ0) is 17.8. The molecule has 0 amide bonds. The van der Waals surface area contributed by atoms with Crippen molar-refractivity contribution in [2.75, 3.05) is 7.11 Å². The van der Waals surface area contributed by atoms with Gasteiger partial charge in [0.2, 0.25) is 0 Å². The lowest BCUT2D eigenvalue weighted by molar-refractivity contribution is 0.414. The zero-order valence-corrected chi connectivity index (χ0v) is 15.4. The number of ether oxygens (including phenoxy) is 1. The normalized spacial score (nSPS) is 12.2. The summed E-state index contributed by atoms with van der Waals surface area (Å²) in [6.07, 6.45) is 1.92. The fraction of sp³-hybridized carbons (Fsp3) is 0.250. The quantitative estimate of drug-likeness (QED) is 0.697. The Morgan fingerprint density at radius 2 is 1.88 bits per heavy atom. The van der Waals surface area contributed by atoms with Crippen molar-refractivity contribution < 1.29 is 4.74 Å². The fourth-order valence-corrected chi connectivity index (χ4v) is 3.05. The van der Waals surface area contributed by atoms with Crippen LogP contribution in [0.15, 0.2) is 54.7 Å². The van der Waals surface area contributed by atoms with Crippen LogP contribution in [-0.4, -0.2) is 16.9 Å². The zero-order valence-electron chi connectivity index (χ0n) is 14.7. The molecule has 0 aliphatic carbocycles. The molecule has 0 fully saturated rings. The van der Waals surface area contributed by atoms with E-state index in [-0.39, 0.29) is 6.04 Å². The summed E-state index contributed by atoms with van der Waals surface area (Å²) >= 11 is 6.23. The third-order valence-electron chi connectivity index (χ3n) is 4.39. The highest BCUT2D eigenvalue weighted by atomic mass is 35.5. The van der Waals surface area contributed by atoms with Crippen LogP contribution in [0.2, 0.25) is 5.02 Å². The highest BCUT2D eigenvalue weighted by Gasteiger charge is 2.14. The number of aromatic nitrogens is 2. The number of nitrogens with one attached hydrogen (secondary N) is 1. The van der Waals surface area contributed by atoms with Gasteiger partial charge in [0.25, 0.3) is 0 Å². The minimum absolute atomic E-state index is 0.170. The maximum atomic E-state index is 6.23. The molecule has 25 heavy (non-hydrogen) atoms. The van der Waals surface area contributed by atoms with E-state index >= 15 is 0 Å². The summed E-state index contributed by atoms with van der Waals surface area (Å²) in [5.41, 5.74) is 4.39. The van der Waals surface area contributed by atoms with Crippen LogP contribution < -0.4 is 10.1 Å². The van der Waals surface area contributed by atoms with Gasteiger partial charge in [0.15, 0.2) is 0 Å². The fourth-order valence-electron chi connectivity index (χ4n) is 2.85. The van der Waals surface area contributed by atoms with Crippen molar-refractivity contribution in [3.63, 3.8) is 0 Å². The first kappa shape index (κ1) is 17.5.